The molecule has 2 heterocycles. The summed E-state index contributed by atoms with van der Waals surface area (Å²) in [6.07, 6.45) is 6.96. The Bertz CT molecular complexity index is 858. The van der Waals surface area contributed by atoms with Crippen LogP contribution in [0.4, 0.5) is 0 Å². The van der Waals surface area contributed by atoms with Crippen molar-refractivity contribution in [1.29, 1.82) is 0 Å². The molecule has 0 saturated heterocycles. The molecule has 0 fully saturated rings. The van der Waals surface area contributed by atoms with Gasteiger partial charge in [-0.05, 0) is 37.0 Å². The Balaban J connectivity index is 1.47. The van der Waals surface area contributed by atoms with Crippen molar-refractivity contribution in [3.8, 4) is 0 Å². The number of aromatic amines is 1. The molecule has 132 valence electrons. The van der Waals surface area contributed by atoms with E-state index in [1.54, 1.807) is 7.05 Å². The quantitative estimate of drug-likeness (QED) is 0.477. The van der Waals surface area contributed by atoms with Crippen molar-refractivity contribution >= 4 is 16.9 Å². The zero-order valence-electron chi connectivity index (χ0n) is 15.1. The molecular weight excluding hydrogens is 312 g/mol. The van der Waals surface area contributed by atoms with Gasteiger partial charge in [-0.2, -0.15) is 5.10 Å². The molecule has 0 aliphatic carbocycles. The predicted molar refractivity (Wildman–Crippen MR) is 103 cm³/mol. The van der Waals surface area contributed by atoms with Gasteiger partial charge >= 0.3 is 0 Å². The van der Waals surface area contributed by atoms with Gasteiger partial charge in [-0.1, -0.05) is 18.2 Å². The minimum Gasteiger partial charge on any atom is -0.361 e. The van der Waals surface area contributed by atoms with Gasteiger partial charge in [-0.15, -0.1) is 0 Å². The summed E-state index contributed by atoms with van der Waals surface area (Å²) in [5, 5.41) is 12.3. The van der Waals surface area contributed by atoms with Crippen LogP contribution in [0.1, 0.15) is 16.7 Å². The van der Waals surface area contributed by atoms with E-state index in [0.29, 0.717) is 0 Å². The van der Waals surface area contributed by atoms with Crippen molar-refractivity contribution in [1.82, 2.24) is 25.4 Å². The van der Waals surface area contributed by atoms with Gasteiger partial charge in [0.1, 0.15) is 0 Å². The maximum absolute atomic E-state index is 4.28. The van der Waals surface area contributed by atoms with Crippen LogP contribution in [0.25, 0.3) is 10.9 Å². The number of fused-ring (bicyclic) bond motifs is 1. The first-order valence-electron chi connectivity index (χ1n) is 8.66. The van der Waals surface area contributed by atoms with Crippen molar-refractivity contribution < 1.29 is 0 Å². The van der Waals surface area contributed by atoms with Crippen LogP contribution >= 0.6 is 0 Å². The number of rotatable bonds is 6. The van der Waals surface area contributed by atoms with Gasteiger partial charge < -0.3 is 15.6 Å². The largest absolute Gasteiger partial charge is 0.361 e. The van der Waals surface area contributed by atoms with Crippen LogP contribution in [-0.2, 0) is 13.0 Å². The lowest BCUT2D eigenvalue weighted by Crippen LogP contribution is -2.39. The van der Waals surface area contributed by atoms with E-state index >= 15 is 0 Å². The molecule has 3 N–H and O–H groups in total. The maximum Gasteiger partial charge on any atom is 0.191 e. The number of benzene rings is 1. The molecule has 6 nitrogen and oxygen atoms in total. The second-order valence-corrected chi connectivity index (χ2v) is 6.27. The highest BCUT2D eigenvalue weighted by atomic mass is 15.3. The number of hydrogen-bond donors (Lipinski definition) is 3. The van der Waals surface area contributed by atoms with Crippen molar-refractivity contribution in [2.45, 2.75) is 26.8 Å². The molecule has 6 heteroatoms. The summed E-state index contributed by atoms with van der Waals surface area (Å²) in [7, 11) is 1.79. The van der Waals surface area contributed by atoms with E-state index in [1.165, 1.54) is 27.6 Å². The van der Waals surface area contributed by atoms with Crippen LogP contribution < -0.4 is 10.6 Å². The van der Waals surface area contributed by atoms with E-state index in [1.807, 2.05) is 24.0 Å². The Morgan fingerprint density at radius 3 is 2.84 bits per heavy atom. The number of para-hydroxylation sites is 1. The van der Waals surface area contributed by atoms with E-state index in [0.717, 1.165) is 32.0 Å². The van der Waals surface area contributed by atoms with E-state index in [-0.39, 0.29) is 0 Å². The summed E-state index contributed by atoms with van der Waals surface area (Å²) in [5.41, 5.74) is 5.02. The molecular formula is C19H26N6. The van der Waals surface area contributed by atoms with Crippen LogP contribution in [0, 0.1) is 13.8 Å². The van der Waals surface area contributed by atoms with Crippen molar-refractivity contribution in [3.05, 3.63) is 53.5 Å². The molecule has 1 aromatic carbocycles. The molecule has 25 heavy (non-hydrogen) atoms. The second kappa shape index (κ2) is 7.88. The first kappa shape index (κ1) is 17.1. The Morgan fingerprint density at radius 2 is 2.08 bits per heavy atom. The molecule has 0 saturated carbocycles. The summed E-state index contributed by atoms with van der Waals surface area (Å²) >= 11 is 0. The highest BCUT2D eigenvalue weighted by Gasteiger charge is 2.05. The third kappa shape index (κ3) is 4.21. The van der Waals surface area contributed by atoms with Gasteiger partial charge in [0.15, 0.2) is 5.96 Å². The molecule has 2 aromatic heterocycles. The molecule has 0 amide bonds. The van der Waals surface area contributed by atoms with E-state index < -0.39 is 0 Å². The molecule has 0 aliphatic rings. The average molecular weight is 338 g/mol. The number of nitrogens with one attached hydrogen (secondary N) is 3. The summed E-state index contributed by atoms with van der Waals surface area (Å²) in [6, 6.07) is 6.42. The fourth-order valence-electron chi connectivity index (χ4n) is 2.99. The monoisotopic (exact) mass is 338 g/mol. The zero-order chi connectivity index (χ0) is 17.6. The molecule has 0 aliphatic heterocycles. The molecule has 0 bridgehead atoms. The molecule has 0 atom stereocenters. The number of H-pyrrole nitrogens is 1. The smallest absolute Gasteiger partial charge is 0.191 e. The van der Waals surface area contributed by atoms with Gasteiger partial charge in [0.2, 0.25) is 0 Å². The minimum absolute atomic E-state index is 0.785. The Hall–Kier alpha value is -2.76. The minimum atomic E-state index is 0.785. The standard InChI is InChI=1S/C19H26N6/c1-14-11-24-25(13-14)10-9-22-19(20-3)21-8-7-16-12-23-18-15(2)5-4-6-17(16)18/h4-6,11-13,23H,7-10H2,1-3H3,(H2,20,21,22). The first-order chi connectivity index (χ1) is 12.2. The second-order valence-electron chi connectivity index (χ2n) is 6.27. The lowest BCUT2D eigenvalue weighted by Gasteiger charge is -2.11. The van der Waals surface area contributed by atoms with Gasteiger partial charge in [-0.25, -0.2) is 0 Å². The van der Waals surface area contributed by atoms with Gasteiger partial charge in [0, 0.05) is 43.4 Å². The van der Waals surface area contributed by atoms with E-state index in [9.17, 15) is 0 Å². The number of nitrogens with zero attached hydrogens (tertiary/aromatic N) is 3. The lowest BCUT2D eigenvalue weighted by molar-refractivity contribution is 0.597. The highest BCUT2D eigenvalue weighted by Crippen LogP contribution is 2.21. The number of aryl methyl sites for hydroxylation is 2. The molecule has 0 radical (unpaired) electrons. The first-order valence-corrected chi connectivity index (χ1v) is 8.66. The van der Waals surface area contributed by atoms with Crippen LogP contribution in [0.15, 0.2) is 41.8 Å². The topological polar surface area (TPSA) is 70.0 Å². The highest BCUT2D eigenvalue weighted by molar-refractivity contribution is 5.86. The average Bonchev–Trinajstić information content (AvgIpc) is 3.21. The lowest BCUT2D eigenvalue weighted by atomic mass is 10.1. The van der Waals surface area contributed by atoms with Crippen LogP contribution in [-0.4, -0.2) is 40.9 Å². The van der Waals surface area contributed by atoms with Crippen LogP contribution in [0.5, 0.6) is 0 Å². The number of guanidine groups is 1. The molecule has 3 rings (SSSR count). The van der Waals surface area contributed by atoms with Crippen molar-refractivity contribution in [2.24, 2.45) is 4.99 Å². The number of aromatic nitrogens is 3. The normalized spacial score (nSPS) is 11.9. The predicted octanol–water partition coefficient (Wildman–Crippen LogP) is 2.39. The molecule has 3 aromatic rings. The van der Waals surface area contributed by atoms with Gasteiger partial charge in [0.05, 0.1) is 12.7 Å². The van der Waals surface area contributed by atoms with Gasteiger partial charge in [-0.3, -0.25) is 9.67 Å². The molecule has 0 spiro atoms. The SMILES string of the molecule is CN=C(NCCc1c[nH]c2c(C)cccc12)NCCn1cc(C)cn1. The van der Waals surface area contributed by atoms with E-state index in [2.05, 4.69) is 57.0 Å². The molecule has 0 unspecified atom stereocenters. The summed E-state index contributed by atoms with van der Waals surface area (Å²) in [6.45, 7) is 6.61. The number of hydrogen-bond acceptors (Lipinski definition) is 2. The van der Waals surface area contributed by atoms with Crippen LogP contribution in [0.2, 0.25) is 0 Å². The third-order valence-corrected chi connectivity index (χ3v) is 4.32. The summed E-state index contributed by atoms with van der Waals surface area (Å²) < 4.78 is 1.93. The Morgan fingerprint density at radius 1 is 1.24 bits per heavy atom. The van der Waals surface area contributed by atoms with Gasteiger partial charge in [0.25, 0.3) is 0 Å². The van der Waals surface area contributed by atoms with E-state index in [4.69, 9.17) is 0 Å². The summed E-state index contributed by atoms with van der Waals surface area (Å²) in [4.78, 5) is 7.66. The maximum atomic E-state index is 4.28. The number of aliphatic imine (C=N–C) groups is 1. The third-order valence-electron chi connectivity index (χ3n) is 4.32. The Kier molecular flexibility index (Phi) is 5.38. The summed E-state index contributed by atoms with van der Waals surface area (Å²) in [5.74, 6) is 0.819. The van der Waals surface area contributed by atoms with Crippen molar-refractivity contribution in [3.63, 3.8) is 0 Å². The Labute approximate surface area is 148 Å². The fraction of sp³-hybridized carbons (Fsp3) is 0.368. The zero-order valence-corrected chi connectivity index (χ0v) is 15.1. The van der Waals surface area contributed by atoms with Crippen molar-refractivity contribution in [2.75, 3.05) is 20.1 Å². The van der Waals surface area contributed by atoms with Crippen LogP contribution in [0.3, 0.4) is 0 Å². The fourth-order valence-corrected chi connectivity index (χ4v) is 2.99.